The average molecular weight is 272 g/mol. The van der Waals surface area contributed by atoms with Gasteiger partial charge < -0.3 is 10.4 Å². The molecule has 1 aliphatic rings. The summed E-state index contributed by atoms with van der Waals surface area (Å²) in [5.41, 5.74) is 0.694. The average Bonchev–Trinajstić information content (AvgIpc) is 2.26. The maximum Gasteiger partial charge on any atom is 0.303 e. The number of benzene rings is 1. The van der Waals surface area contributed by atoms with E-state index in [-0.39, 0.29) is 17.6 Å². The van der Waals surface area contributed by atoms with Crippen molar-refractivity contribution in [3.63, 3.8) is 0 Å². The SMILES string of the molecule is O=C(O)CCC1Sc2ccc(Cl)cc2NC1=O. The van der Waals surface area contributed by atoms with Gasteiger partial charge in [-0.3, -0.25) is 9.59 Å². The van der Waals surface area contributed by atoms with E-state index < -0.39 is 5.97 Å². The number of amides is 1. The Hall–Kier alpha value is -1.20. The van der Waals surface area contributed by atoms with Gasteiger partial charge in [0.15, 0.2) is 0 Å². The number of hydrogen-bond donors (Lipinski definition) is 2. The quantitative estimate of drug-likeness (QED) is 0.887. The zero-order valence-corrected chi connectivity index (χ0v) is 10.3. The Morgan fingerprint density at radius 1 is 1.53 bits per heavy atom. The predicted octanol–water partition coefficient (Wildman–Crippen LogP) is 2.62. The first-order chi connectivity index (χ1) is 8.06. The second-order valence-electron chi connectivity index (χ2n) is 3.67. The van der Waals surface area contributed by atoms with Gasteiger partial charge in [0.1, 0.15) is 0 Å². The molecule has 6 heteroatoms. The highest BCUT2D eigenvalue weighted by Gasteiger charge is 2.27. The van der Waals surface area contributed by atoms with E-state index in [1.54, 1.807) is 12.1 Å². The number of halogens is 1. The van der Waals surface area contributed by atoms with Crippen molar-refractivity contribution in [2.45, 2.75) is 23.0 Å². The van der Waals surface area contributed by atoms with Crippen LogP contribution in [-0.4, -0.2) is 22.2 Å². The van der Waals surface area contributed by atoms with Gasteiger partial charge in [-0.15, -0.1) is 11.8 Å². The lowest BCUT2D eigenvalue weighted by atomic mass is 10.2. The Labute approximate surface area is 107 Å². The molecule has 2 rings (SSSR count). The minimum atomic E-state index is -0.889. The van der Waals surface area contributed by atoms with E-state index >= 15 is 0 Å². The zero-order chi connectivity index (χ0) is 12.4. The first kappa shape index (κ1) is 12.3. The third-order valence-electron chi connectivity index (χ3n) is 2.38. The first-order valence-corrected chi connectivity index (χ1v) is 6.31. The van der Waals surface area contributed by atoms with Crippen LogP contribution in [0.5, 0.6) is 0 Å². The Morgan fingerprint density at radius 3 is 3.00 bits per heavy atom. The minimum absolute atomic E-state index is 0.00594. The van der Waals surface area contributed by atoms with E-state index in [1.807, 2.05) is 6.07 Å². The van der Waals surface area contributed by atoms with Crippen molar-refractivity contribution in [2.24, 2.45) is 0 Å². The summed E-state index contributed by atoms with van der Waals surface area (Å²) < 4.78 is 0. The highest BCUT2D eigenvalue weighted by Crippen LogP contribution is 2.38. The third kappa shape index (κ3) is 2.92. The van der Waals surface area contributed by atoms with Gasteiger partial charge in [-0.2, -0.15) is 0 Å². The van der Waals surface area contributed by atoms with Gasteiger partial charge in [-0.25, -0.2) is 0 Å². The van der Waals surface area contributed by atoms with Crippen LogP contribution in [-0.2, 0) is 9.59 Å². The molecule has 0 spiro atoms. The number of rotatable bonds is 3. The van der Waals surface area contributed by atoms with Crippen LogP contribution in [0.3, 0.4) is 0 Å². The van der Waals surface area contributed by atoms with Crippen molar-refractivity contribution >= 4 is 40.9 Å². The van der Waals surface area contributed by atoms with E-state index in [0.29, 0.717) is 17.1 Å². The molecule has 1 unspecified atom stereocenters. The van der Waals surface area contributed by atoms with Crippen LogP contribution >= 0.6 is 23.4 Å². The summed E-state index contributed by atoms with van der Waals surface area (Å²) in [5.74, 6) is -1.05. The number of carboxylic acid groups (broad SMARTS) is 1. The van der Waals surface area contributed by atoms with Gasteiger partial charge in [-0.05, 0) is 24.6 Å². The molecular formula is C11H10ClNO3S. The maximum absolute atomic E-state index is 11.7. The number of fused-ring (bicyclic) bond motifs is 1. The van der Waals surface area contributed by atoms with Crippen LogP contribution < -0.4 is 5.32 Å². The lowest BCUT2D eigenvalue weighted by molar-refractivity contribution is -0.137. The van der Waals surface area contributed by atoms with E-state index in [1.165, 1.54) is 11.8 Å². The van der Waals surface area contributed by atoms with Gasteiger partial charge in [0.25, 0.3) is 0 Å². The summed E-state index contributed by atoms with van der Waals surface area (Å²) in [4.78, 5) is 23.1. The van der Waals surface area contributed by atoms with Gasteiger partial charge in [0, 0.05) is 16.3 Å². The molecule has 1 aromatic rings. The molecule has 1 atom stereocenters. The van der Waals surface area contributed by atoms with Crippen LogP contribution in [0.1, 0.15) is 12.8 Å². The first-order valence-electron chi connectivity index (χ1n) is 5.05. The second kappa shape index (κ2) is 4.98. The third-order valence-corrected chi connectivity index (χ3v) is 3.96. The summed E-state index contributed by atoms with van der Waals surface area (Å²) in [6.45, 7) is 0. The van der Waals surface area contributed by atoms with Crippen molar-refractivity contribution < 1.29 is 14.7 Å². The molecule has 1 heterocycles. The summed E-state index contributed by atoms with van der Waals surface area (Å²) in [7, 11) is 0. The minimum Gasteiger partial charge on any atom is -0.481 e. The molecule has 4 nitrogen and oxygen atoms in total. The Kier molecular flexibility index (Phi) is 3.59. The lowest BCUT2D eigenvalue weighted by Gasteiger charge is -2.23. The molecule has 17 heavy (non-hydrogen) atoms. The molecule has 0 fully saturated rings. The number of nitrogens with one attached hydrogen (secondary N) is 1. The number of thioether (sulfide) groups is 1. The van der Waals surface area contributed by atoms with Crippen molar-refractivity contribution in [1.82, 2.24) is 0 Å². The molecule has 0 saturated carbocycles. The summed E-state index contributed by atoms with van der Waals surface area (Å²) in [6, 6.07) is 5.27. The smallest absolute Gasteiger partial charge is 0.303 e. The van der Waals surface area contributed by atoms with Crippen LogP contribution in [0.15, 0.2) is 23.1 Å². The lowest BCUT2D eigenvalue weighted by Crippen LogP contribution is -2.29. The van der Waals surface area contributed by atoms with E-state index in [2.05, 4.69) is 5.32 Å². The van der Waals surface area contributed by atoms with Crippen LogP contribution in [0.2, 0.25) is 5.02 Å². The monoisotopic (exact) mass is 271 g/mol. The standard InChI is InChI=1S/C11H10ClNO3S/c12-6-1-2-8-7(5-6)13-11(16)9(17-8)3-4-10(14)15/h1-2,5,9H,3-4H2,(H,13,16)(H,14,15). The van der Waals surface area contributed by atoms with Crippen molar-refractivity contribution in [2.75, 3.05) is 5.32 Å². The fourth-order valence-corrected chi connectivity index (χ4v) is 2.83. The molecular weight excluding hydrogens is 262 g/mol. The van der Waals surface area contributed by atoms with Crippen molar-refractivity contribution in [1.29, 1.82) is 0 Å². The van der Waals surface area contributed by atoms with Crippen molar-refractivity contribution in [3.05, 3.63) is 23.2 Å². The van der Waals surface area contributed by atoms with Gasteiger partial charge in [0.2, 0.25) is 5.91 Å². The number of carbonyl (C=O) groups excluding carboxylic acids is 1. The molecule has 0 aromatic heterocycles. The molecule has 1 aliphatic heterocycles. The number of anilines is 1. The molecule has 0 aliphatic carbocycles. The number of carbonyl (C=O) groups is 2. The van der Waals surface area contributed by atoms with Crippen molar-refractivity contribution in [3.8, 4) is 0 Å². The van der Waals surface area contributed by atoms with E-state index in [4.69, 9.17) is 16.7 Å². The van der Waals surface area contributed by atoms with Gasteiger partial charge >= 0.3 is 5.97 Å². The Balaban J connectivity index is 2.13. The summed E-state index contributed by atoms with van der Waals surface area (Å²) in [5, 5.41) is 11.6. The number of hydrogen-bond acceptors (Lipinski definition) is 3. The molecule has 2 N–H and O–H groups in total. The normalized spacial score (nSPS) is 18.4. The molecule has 0 radical (unpaired) electrons. The summed E-state index contributed by atoms with van der Waals surface area (Å²) >= 11 is 7.21. The van der Waals surface area contributed by atoms with E-state index in [0.717, 1.165) is 4.90 Å². The highest BCUT2D eigenvalue weighted by molar-refractivity contribution is 8.01. The zero-order valence-electron chi connectivity index (χ0n) is 8.77. The van der Waals surface area contributed by atoms with E-state index in [9.17, 15) is 9.59 Å². The Morgan fingerprint density at radius 2 is 2.29 bits per heavy atom. The maximum atomic E-state index is 11.7. The fraction of sp³-hybridized carbons (Fsp3) is 0.273. The second-order valence-corrected chi connectivity index (χ2v) is 5.35. The molecule has 0 bridgehead atoms. The van der Waals surface area contributed by atoms with Crippen LogP contribution in [0.4, 0.5) is 5.69 Å². The van der Waals surface area contributed by atoms with Gasteiger partial charge in [0.05, 0.1) is 10.9 Å². The highest BCUT2D eigenvalue weighted by atomic mass is 35.5. The van der Waals surface area contributed by atoms with Crippen LogP contribution in [0, 0.1) is 0 Å². The molecule has 0 saturated heterocycles. The van der Waals surface area contributed by atoms with Crippen LogP contribution in [0.25, 0.3) is 0 Å². The molecule has 1 aromatic carbocycles. The molecule has 90 valence electrons. The topological polar surface area (TPSA) is 66.4 Å². The predicted molar refractivity (Wildman–Crippen MR) is 66.6 cm³/mol. The summed E-state index contributed by atoms with van der Waals surface area (Å²) in [6.07, 6.45) is 0.321. The fourth-order valence-electron chi connectivity index (χ4n) is 1.57. The van der Waals surface area contributed by atoms with Gasteiger partial charge in [-0.1, -0.05) is 11.6 Å². The Bertz CT molecular complexity index is 478. The number of carboxylic acids is 1. The number of aliphatic carboxylic acids is 1. The largest absolute Gasteiger partial charge is 0.481 e. The molecule has 1 amide bonds.